The summed E-state index contributed by atoms with van der Waals surface area (Å²) in [7, 11) is 0. The molecule has 0 bridgehead atoms. The van der Waals surface area contributed by atoms with Gasteiger partial charge in [-0.3, -0.25) is 0 Å². The summed E-state index contributed by atoms with van der Waals surface area (Å²) in [5, 5.41) is 15.8. The number of hydrogen-bond acceptors (Lipinski definition) is 4. The summed E-state index contributed by atoms with van der Waals surface area (Å²) in [6.07, 6.45) is 6.04. The molecule has 120 valence electrons. The first-order valence-electron chi connectivity index (χ1n) is 8.13. The molecule has 3 rings (SSSR count). The van der Waals surface area contributed by atoms with Crippen LogP contribution in [0.5, 0.6) is 0 Å². The van der Waals surface area contributed by atoms with E-state index >= 15 is 0 Å². The number of amides is 2. The number of carbonyl (C=O) groups is 1. The molecule has 2 heterocycles. The van der Waals surface area contributed by atoms with Crippen LogP contribution in [-0.2, 0) is 0 Å². The Kier molecular flexibility index (Phi) is 4.77. The lowest BCUT2D eigenvalue weighted by Gasteiger charge is -2.29. The average Bonchev–Trinajstić information content (AvgIpc) is 2.99. The number of aliphatic hydroxyl groups excluding tert-OH is 1. The summed E-state index contributed by atoms with van der Waals surface area (Å²) in [6, 6.07) is 5.71. The molecule has 3 unspecified atom stereocenters. The van der Waals surface area contributed by atoms with Crippen LogP contribution in [-0.4, -0.2) is 47.4 Å². The highest BCUT2D eigenvalue weighted by Crippen LogP contribution is 2.19. The zero-order valence-electron chi connectivity index (χ0n) is 12.7. The molecule has 0 radical (unpaired) electrons. The van der Waals surface area contributed by atoms with Crippen LogP contribution in [0.4, 0.5) is 10.6 Å². The zero-order valence-corrected chi connectivity index (χ0v) is 12.7. The number of hydrogen-bond donors (Lipinski definition) is 3. The zero-order chi connectivity index (χ0) is 15.4. The number of carbonyl (C=O) groups excluding carboxylic acids is 1. The highest BCUT2D eigenvalue weighted by molar-refractivity contribution is 5.74. The van der Waals surface area contributed by atoms with Crippen molar-refractivity contribution in [2.75, 3.05) is 18.0 Å². The Labute approximate surface area is 130 Å². The first-order chi connectivity index (χ1) is 10.7. The highest BCUT2D eigenvalue weighted by Gasteiger charge is 2.28. The maximum atomic E-state index is 12.1. The number of nitrogens with one attached hydrogen (secondary N) is 2. The molecule has 2 fully saturated rings. The predicted molar refractivity (Wildman–Crippen MR) is 84.8 cm³/mol. The Morgan fingerprint density at radius 3 is 2.86 bits per heavy atom. The third kappa shape index (κ3) is 3.68. The first kappa shape index (κ1) is 15.1. The Balaban J connectivity index is 1.46. The van der Waals surface area contributed by atoms with Crippen molar-refractivity contribution in [3.8, 4) is 0 Å². The van der Waals surface area contributed by atoms with Crippen molar-refractivity contribution < 1.29 is 9.90 Å². The standard InChI is InChI=1S/C16H24N4O2/c21-14-6-2-1-5-13(14)19-16(22)18-12-8-10-20(11-12)15-7-3-4-9-17-15/h3-4,7,9,12-14,21H,1-2,5-6,8,10-11H2,(H2,18,19,22). The van der Waals surface area contributed by atoms with Gasteiger partial charge in [0.2, 0.25) is 0 Å². The van der Waals surface area contributed by atoms with Gasteiger partial charge in [-0.15, -0.1) is 0 Å². The number of nitrogens with zero attached hydrogens (tertiary/aromatic N) is 2. The van der Waals surface area contributed by atoms with Gasteiger partial charge in [-0.1, -0.05) is 18.9 Å². The summed E-state index contributed by atoms with van der Waals surface area (Å²) in [4.78, 5) is 18.6. The van der Waals surface area contributed by atoms with E-state index in [0.29, 0.717) is 0 Å². The van der Waals surface area contributed by atoms with Gasteiger partial charge in [0.25, 0.3) is 0 Å². The van der Waals surface area contributed by atoms with Gasteiger partial charge in [-0.05, 0) is 31.4 Å². The summed E-state index contributed by atoms with van der Waals surface area (Å²) >= 11 is 0. The second-order valence-corrected chi connectivity index (χ2v) is 6.20. The third-order valence-electron chi connectivity index (χ3n) is 4.54. The lowest BCUT2D eigenvalue weighted by Crippen LogP contribution is -2.51. The third-order valence-corrected chi connectivity index (χ3v) is 4.54. The largest absolute Gasteiger partial charge is 0.391 e. The van der Waals surface area contributed by atoms with Crippen molar-refractivity contribution in [3.05, 3.63) is 24.4 Å². The minimum atomic E-state index is -0.409. The van der Waals surface area contributed by atoms with Crippen LogP contribution >= 0.6 is 0 Å². The first-order valence-corrected chi connectivity index (χ1v) is 8.13. The summed E-state index contributed by atoms with van der Waals surface area (Å²) in [5.74, 6) is 0.954. The van der Waals surface area contributed by atoms with Crippen LogP contribution in [0.1, 0.15) is 32.1 Å². The quantitative estimate of drug-likeness (QED) is 0.786. The predicted octanol–water partition coefficient (Wildman–Crippen LogP) is 1.26. The Morgan fingerprint density at radius 2 is 2.09 bits per heavy atom. The van der Waals surface area contributed by atoms with Gasteiger partial charge < -0.3 is 20.6 Å². The van der Waals surface area contributed by atoms with E-state index < -0.39 is 6.10 Å². The van der Waals surface area contributed by atoms with Crippen LogP contribution in [0.25, 0.3) is 0 Å². The van der Waals surface area contributed by atoms with Crippen molar-refractivity contribution >= 4 is 11.8 Å². The SMILES string of the molecule is O=C(NC1CCN(c2ccccn2)C1)NC1CCCCC1O. The Bertz CT molecular complexity index is 496. The van der Waals surface area contributed by atoms with Crippen LogP contribution in [0, 0.1) is 0 Å². The van der Waals surface area contributed by atoms with Gasteiger partial charge in [-0.2, -0.15) is 0 Å². The lowest BCUT2D eigenvalue weighted by atomic mass is 9.93. The van der Waals surface area contributed by atoms with Gasteiger partial charge in [0.05, 0.1) is 12.1 Å². The van der Waals surface area contributed by atoms with Crippen molar-refractivity contribution in [1.29, 1.82) is 0 Å². The van der Waals surface area contributed by atoms with Crippen LogP contribution < -0.4 is 15.5 Å². The van der Waals surface area contributed by atoms with E-state index in [1.807, 2.05) is 18.2 Å². The second kappa shape index (κ2) is 6.96. The topological polar surface area (TPSA) is 77.5 Å². The Morgan fingerprint density at radius 1 is 1.23 bits per heavy atom. The second-order valence-electron chi connectivity index (χ2n) is 6.20. The molecule has 3 atom stereocenters. The van der Waals surface area contributed by atoms with Gasteiger partial charge in [0.1, 0.15) is 5.82 Å². The number of aliphatic hydroxyl groups is 1. The van der Waals surface area contributed by atoms with E-state index in [0.717, 1.165) is 51.0 Å². The lowest BCUT2D eigenvalue weighted by molar-refractivity contribution is 0.0941. The molecule has 22 heavy (non-hydrogen) atoms. The van der Waals surface area contributed by atoms with E-state index in [4.69, 9.17) is 0 Å². The molecule has 2 amide bonds. The minimum Gasteiger partial charge on any atom is -0.391 e. The maximum absolute atomic E-state index is 12.1. The molecule has 6 heteroatoms. The molecule has 0 aromatic carbocycles. The summed E-state index contributed by atoms with van der Waals surface area (Å²) < 4.78 is 0. The molecule has 1 aromatic heterocycles. The van der Waals surface area contributed by atoms with E-state index in [1.54, 1.807) is 6.20 Å². The van der Waals surface area contributed by atoms with Gasteiger partial charge in [-0.25, -0.2) is 9.78 Å². The molecular weight excluding hydrogens is 280 g/mol. The van der Waals surface area contributed by atoms with Crippen molar-refractivity contribution in [2.24, 2.45) is 0 Å². The summed E-state index contributed by atoms with van der Waals surface area (Å²) in [5.41, 5.74) is 0. The molecule has 1 saturated heterocycles. The molecule has 2 aliphatic rings. The van der Waals surface area contributed by atoms with E-state index in [2.05, 4.69) is 20.5 Å². The normalized spacial score (nSPS) is 28.4. The fourth-order valence-electron chi connectivity index (χ4n) is 3.30. The van der Waals surface area contributed by atoms with Crippen molar-refractivity contribution in [2.45, 2.75) is 50.3 Å². The molecule has 1 aliphatic heterocycles. The Hall–Kier alpha value is -1.82. The van der Waals surface area contributed by atoms with Crippen LogP contribution in [0.2, 0.25) is 0 Å². The van der Waals surface area contributed by atoms with E-state index in [1.165, 1.54) is 0 Å². The van der Waals surface area contributed by atoms with E-state index in [-0.39, 0.29) is 18.1 Å². The van der Waals surface area contributed by atoms with Crippen molar-refractivity contribution in [1.82, 2.24) is 15.6 Å². The van der Waals surface area contributed by atoms with Crippen LogP contribution in [0.3, 0.4) is 0 Å². The number of anilines is 1. The average molecular weight is 304 g/mol. The molecule has 3 N–H and O–H groups in total. The molecule has 1 saturated carbocycles. The van der Waals surface area contributed by atoms with Crippen molar-refractivity contribution in [3.63, 3.8) is 0 Å². The number of rotatable bonds is 3. The molecule has 0 spiro atoms. The summed E-state index contributed by atoms with van der Waals surface area (Å²) in [6.45, 7) is 1.67. The molecule has 1 aliphatic carbocycles. The number of pyridine rings is 1. The molecule has 1 aromatic rings. The van der Waals surface area contributed by atoms with Crippen LogP contribution in [0.15, 0.2) is 24.4 Å². The fraction of sp³-hybridized carbons (Fsp3) is 0.625. The number of aromatic nitrogens is 1. The maximum Gasteiger partial charge on any atom is 0.315 e. The number of urea groups is 1. The molecule has 6 nitrogen and oxygen atoms in total. The van der Waals surface area contributed by atoms with Gasteiger partial charge in [0.15, 0.2) is 0 Å². The van der Waals surface area contributed by atoms with Gasteiger partial charge in [0, 0.05) is 25.3 Å². The minimum absolute atomic E-state index is 0.109. The smallest absolute Gasteiger partial charge is 0.315 e. The highest BCUT2D eigenvalue weighted by atomic mass is 16.3. The van der Waals surface area contributed by atoms with Gasteiger partial charge >= 0.3 is 6.03 Å². The van der Waals surface area contributed by atoms with E-state index in [9.17, 15) is 9.90 Å². The molecular formula is C16H24N4O2. The fourth-order valence-corrected chi connectivity index (χ4v) is 3.30. The monoisotopic (exact) mass is 304 g/mol.